The number of ether oxygens (including phenoxy) is 1. The van der Waals surface area contributed by atoms with Crippen LogP contribution in [0, 0.1) is 5.92 Å². The van der Waals surface area contributed by atoms with Crippen LogP contribution < -0.4 is 10.1 Å². The van der Waals surface area contributed by atoms with E-state index in [1.807, 2.05) is 12.1 Å². The third-order valence-corrected chi connectivity index (χ3v) is 4.10. The van der Waals surface area contributed by atoms with Gasteiger partial charge < -0.3 is 15.2 Å². The predicted molar refractivity (Wildman–Crippen MR) is 83.1 cm³/mol. The number of halogens is 1. The number of benzene rings is 1. The van der Waals surface area contributed by atoms with Crippen molar-refractivity contribution in [2.45, 2.75) is 38.1 Å². The van der Waals surface area contributed by atoms with Crippen molar-refractivity contribution in [2.75, 3.05) is 6.61 Å². The Kier molecular flexibility index (Phi) is 6.07. The Morgan fingerprint density at radius 2 is 2.09 bits per heavy atom. The summed E-state index contributed by atoms with van der Waals surface area (Å²) in [6.07, 6.45) is 2.84. The molecule has 1 amide bonds. The number of carboxylic acid groups (broad SMARTS) is 1. The van der Waals surface area contributed by atoms with Crippen LogP contribution in [0.4, 0.5) is 0 Å². The second-order valence-electron chi connectivity index (χ2n) is 5.50. The summed E-state index contributed by atoms with van der Waals surface area (Å²) in [7, 11) is 0. The molecule has 0 bridgehead atoms. The van der Waals surface area contributed by atoms with Crippen LogP contribution in [-0.2, 0) is 9.59 Å². The molecule has 1 aromatic rings. The van der Waals surface area contributed by atoms with Gasteiger partial charge in [0.25, 0.3) is 0 Å². The standard InChI is InChI=1S/C16H20ClNO4/c17-13-4-1-2-5-14(13)22-9-3-6-15(19)18-12-8-7-11(10-12)16(20)21/h1-2,4-5,11-12H,3,6-10H2,(H,18,19)(H,20,21)/t11-,12+/m0/s1. The van der Waals surface area contributed by atoms with Gasteiger partial charge in [0.2, 0.25) is 5.91 Å². The first-order chi connectivity index (χ1) is 10.6. The largest absolute Gasteiger partial charge is 0.492 e. The van der Waals surface area contributed by atoms with E-state index in [0.29, 0.717) is 43.1 Å². The van der Waals surface area contributed by atoms with Crippen LogP contribution in [0.25, 0.3) is 0 Å². The fraction of sp³-hybridized carbons (Fsp3) is 0.500. The van der Waals surface area contributed by atoms with Gasteiger partial charge in [-0.2, -0.15) is 0 Å². The monoisotopic (exact) mass is 325 g/mol. The molecule has 0 saturated heterocycles. The maximum Gasteiger partial charge on any atom is 0.306 e. The molecular formula is C16H20ClNO4. The van der Waals surface area contributed by atoms with Crippen molar-refractivity contribution in [1.29, 1.82) is 0 Å². The van der Waals surface area contributed by atoms with Gasteiger partial charge in [0.15, 0.2) is 0 Å². The van der Waals surface area contributed by atoms with Crippen molar-refractivity contribution in [3.05, 3.63) is 29.3 Å². The normalized spacial score (nSPS) is 20.6. The Balaban J connectivity index is 1.62. The summed E-state index contributed by atoms with van der Waals surface area (Å²) < 4.78 is 5.52. The molecule has 2 rings (SSSR count). The second kappa shape index (κ2) is 8.03. The van der Waals surface area contributed by atoms with E-state index in [2.05, 4.69) is 5.32 Å². The average Bonchev–Trinajstić information content (AvgIpc) is 2.94. The molecule has 0 unspecified atom stereocenters. The fourth-order valence-electron chi connectivity index (χ4n) is 2.61. The minimum atomic E-state index is -0.773. The summed E-state index contributed by atoms with van der Waals surface area (Å²) in [5, 5.41) is 12.4. The molecule has 6 heteroatoms. The number of carbonyl (C=O) groups excluding carboxylic acids is 1. The Hall–Kier alpha value is -1.75. The van der Waals surface area contributed by atoms with Crippen molar-refractivity contribution in [3.8, 4) is 5.75 Å². The van der Waals surface area contributed by atoms with E-state index in [1.165, 1.54) is 0 Å². The maximum absolute atomic E-state index is 11.8. The molecule has 1 aliphatic rings. The van der Waals surface area contributed by atoms with Crippen LogP contribution in [0.3, 0.4) is 0 Å². The molecule has 120 valence electrons. The summed E-state index contributed by atoms with van der Waals surface area (Å²) in [5.41, 5.74) is 0. The zero-order chi connectivity index (χ0) is 15.9. The highest BCUT2D eigenvalue weighted by atomic mass is 35.5. The highest BCUT2D eigenvalue weighted by molar-refractivity contribution is 6.32. The minimum absolute atomic E-state index is 0.0157. The summed E-state index contributed by atoms with van der Waals surface area (Å²) in [5.74, 6) is -0.540. The van der Waals surface area contributed by atoms with Gasteiger partial charge in [-0.15, -0.1) is 0 Å². The molecule has 0 radical (unpaired) electrons. The van der Waals surface area contributed by atoms with Crippen LogP contribution in [-0.4, -0.2) is 29.6 Å². The van der Waals surface area contributed by atoms with Gasteiger partial charge >= 0.3 is 5.97 Å². The Labute approximate surface area is 134 Å². The van der Waals surface area contributed by atoms with Gasteiger partial charge in [-0.1, -0.05) is 23.7 Å². The predicted octanol–water partition coefficient (Wildman–Crippen LogP) is 2.87. The lowest BCUT2D eigenvalue weighted by molar-refractivity contribution is -0.141. The Morgan fingerprint density at radius 3 is 2.77 bits per heavy atom. The number of carbonyl (C=O) groups is 2. The van der Waals surface area contributed by atoms with Gasteiger partial charge in [0.05, 0.1) is 17.5 Å². The quantitative estimate of drug-likeness (QED) is 0.756. The number of para-hydroxylation sites is 1. The van der Waals surface area contributed by atoms with Crippen molar-refractivity contribution < 1.29 is 19.4 Å². The minimum Gasteiger partial charge on any atom is -0.492 e. The Bertz CT molecular complexity index is 535. The van der Waals surface area contributed by atoms with Crippen molar-refractivity contribution in [2.24, 2.45) is 5.92 Å². The molecule has 22 heavy (non-hydrogen) atoms. The van der Waals surface area contributed by atoms with E-state index in [-0.39, 0.29) is 17.9 Å². The van der Waals surface area contributed by atoms with E-state index in [1.54, 1.807) is 12.1 Å². The first-order valence-corrected chi connectivity index (χ1v) is 7.83. The molecule has 2 N–H and O–H groups in total. The summed E-state index contributed by atoms with van der Waals surface area (Å²) in [4.78, 5) is 22.7. The number of hydrogen-bond acceptors (Lipinski definition) is 3. The van der Waals surface area contributed by atoms with E-state index < -0.39 is 5.97 Å². The SMILES string of the molecule is O=C(CCCOc1ccccc1Cl)N[C@@H]1CC[C@H](C(=O)O)C1. The Morgan fingerprint density at radius 1 is 1.32 bits per heavy atom. The third kappa shape index (κ3) is 4.91. The van der Waals surface area contributed by atoms with Crippen LogP contribution in [0.2, 0.25) is 5.02 Å². The molecular weight excluding hydrogens is 306 g/mol. The van der Waals surface area contributed by atoms with Crippen LogP contribution in [0.15, 0.2) is 24.3 Å². The summed E-state index contributed by atoms with van der Waals surface area (Å²) >= 11 is 5.97. The number of carboxylic acids is 1. The lowest BCUT2D eigenvalue weighted by atomic mass is 10.1. The molecule has 1 aromatic carbocycles. The summed E-state index contributed by atoms with van der Waals surface area (Å²) in [6, 6.07) is 7.19. The van der Waals surface area contributed by atoms with Crippen molar-refractivity contribution in [3.63, 3.8) is 0 Å². The van der Waals surface area contributed by atoms with E-state index in [0.717, 1.165) is 6.42 Å². The number of nitrogens with one attached hydrogen (secondary N) is 1. The maximum atomic E-state index is 11.8. The second-order valence-corrected chi connectivity index (χ2v) is 5.90. The molecule has 1 aliphatic carbocycles. The molecule has 5 nitrogen and oxygen atoms in total. The molecule has 2 atom stereocenters. The molecule has 0 spiro atoms. The topological polar surface area (TPSA) is 75.6 Å². The van der Waals surface area contributed by atoms with Gasteiger partial charge in [0.1, 0.15) is 5.75 Å². The smallest absolute Gasteiger partial charge is 0.306 e. The zero-order valence-electron chi connectivity index (χ0n) is 12.3. The summed E-state index contributed by atoms with van der Waals surface area (Å²) in [6.45, 7) is 0.416. The van der Waals surface area contributed by atoms with Gasteiger partial charge in [0, 0.05) is 12.5 Å². The lowest BCUT2D eigenvalue weighted by Gasteiger charge is -2.12. The molecule has 1 fully saturated rings. The average molecular weight is 326 g/mol. The highest BCUT2D eigenvalue weighted by Gasteiger charge is 2.30. The highest BCUT2D eigenvalue weighted by Crippen LogP contribution is 2.26. The van der Waals surface area contributed by atoms with Crippen LogP contribution in [0.5, 0.6) is 5.75 Å². The van der Waals surface area contributed by atoms with Crippen molar-refractivity contribution >= 4 is 23.5 Å². The first kappa shape index (κ1) is 16.6. The zero-order valence-corrected chi connectivity index (χ0v) is 13.0. The van der Waals surface area contributed by atoms with E-state index >= 15 is 0 Å². The van der Waals surface area contributed by atoms with Crippen LogP contribution >= 0.6 is 11.6 Å². The molecule has 0 heterocycles. The number of amides is 1. The van der Waals surface area contributed by atoms with Gasteiger partial charge in [-0.3, -0.25) is 9.59 Å². The number of hydrogen-bond donors (Lipinski definition) is 2. The first-order valence-electron chi connectivity index (χ1n) is 7.45. The van der Waals surface area contributed by atoms with Gasteiger partial charge in [-0.05, 0) is 37.8 Å². The van der Waals surface area contributed by atoms with E-state index in [4.69, 9.17) is 21.4 Å². The van der Waals surface area contributed by atoms with E-state index in [9.17, 15) is 9.59 Å². The third-order valence-electron chi connectivity index (χ3n) is 3.79. The lowest BCUT2D eigenvalue weighted by Crippen LogP contribution is -2.33. The fourth-order valence-corrected chi connectivity index (χ4v) is 2.80. The van der Waals surface area contributed by atoms with Crippen LogP contribution in [0.1, 0.15) is 32.1 Å². The molecule has 1 saturated carbocycles. The van der Waals surface area contributed by atoms with Crippen molar-refractivity contribution in [1.82, 2.24) is 5.32 Å². The number of rotatable bonds is 7. The molecule has 0 aliphatic heterocycles. The number of aliphatic carboxylic acids is 1. The molecule has 0 aromatic heterocycles. The van der Waals surface area contributed by atoms with Gasteiger partial charge in [-0.25, -0.2) is 0 Å².